The molecule has 0 amide bonds. The topological polar surface area (TPSA) is 17.8 Å². The van der Waals surface area contributed by atoms with E-state index >= 15 is 0 Å². The van der Waals surface area contributed by atoms with Crippen LogP contribution in [0.25, 0.3) is 11.0 Å². The molecule has 3 rings (SSSR count). The van der Waals surface area contributed by atoms with Crippen molar-refractivity contribution in [3.63, 3.8) is 0 Å². The van der Waals surface area contributed by atoms with Gasteiger partial charge in [0.1, 0.15) is 11.6 Å². The van der Waals surface area contributed by atoms with Crippen molar-refractivity contribution in [2.24, 2.45) is 5.92 Å². The first-order valence-electron chi connectivity index (χ1n) is 7.50. The molecule has 1 heterocycles. The molecule has 3 atom stereocenters. The normalized spacial score (nSPS) is 24.4. The second-order valence-corrected chi connectivity index (χ2v) is 7.86. The molecule has 1 fully saturated rings. The van der Waals surface area contributed by atoms with E-state index < -0.39 is 0 Å². The van der Waals surface area contributed by atoms with Crippen molar-refractivity contribution in [1.82, 2.24) is 9.55 Å². The van der Waals surface area contributed by atoms with E-state index in [4.69, 9.17) is 11.6 Å². The van der Waals surface area contributed by atoms with Crippen LogP contribution in [0.1, 0.15) is 56.8 Å². The van der Waals surface area contributed by atoms with Gasteiger partial charge in [0.15, 0.2) is 0 Å². The fourth-order valence-electron chi connectivity index (χ4n) is 3.42. The van der Waals surface area contributed by atoms with Crippen molar-refractivity contribution in [3.05, 3.63) is 27.3 Å². The molecular formula is C16H19ClFIN2. The summed E-state index contributed by atoms with van der Waals surface area (Å²) < 4.78 is 16.8. The number of fused-ring (bicyclic) bond motifs is 1. The zero-order valence-corrected chi connectivity index (χ0v) is 15.2. The molecule has 114 valence electrons. The Balaban J connectivity index is 2.22. The Morgan fingerprint density at radius 3 is 2.76 bits per heavy atom. The maximum absolute atomic E-state index is 14.0. The van der Waals surface area contributed by atoms with Crippen LogP contribution in [0.4, 0.5) is 4.39 Å². The van der Waals surface area contributed by atoms with E-state index in [1.54, 1.807) is 6.07 Å². The van der Waals surface area contributed by atoms with Gasteiger partial charge in [0.05, 0.1) is 20.0 Å². The van der Waals surface area contributed by atoms with Crippen molar-refractivity contribution >= 4 is 45.2 Å². The third-order valence-corrected chi connectivity index (χ3v) is 5.53. The van der Waals surface area contributed by atoms with Crippen LogP contribution in [0.15, 0.2) is 12.1 Å². The summed E-state index contributed by atoms with van der Waals surface area (Å²) in [6.07, 6.45) is 4.84. The van der Waals surface area contributed by atoms with E-state index in [-0.39, 0.29) is 11.2 Å². The predicted octanol–water partition coefficient (Wildman–Crippen LogP) is 5.83. The van der Waals surface area contributed by atoms with Gasteiger partial charge in [-0.15, -0.1) is 11.6 Å². The average Bonchev–Trinajstić information content (AvgIpc) is 2.78. The average molecular weight is 421 g/mol. The van der Waals surface area contributed by atoms with Gasteiger partial charge in [-0.1, -0.05) is 19.8 Å². The number of imidazole rings is 1. The summed E-state index contributed by atoms with van der Waals surface area (Å²) in [4.78, 5) is 4.68. The number of aromatic nitrogens is 2. The molecule has 0 aliphatic heterocycles. The van der Waals surface area contributed by atoms with E-state index in [0.717, 1.165) is 23.3 Å². The molecular weight excluding hydrogens is 402 g/mol. The highest BCUT2D eigenvalue weighted by molar-refractivity contribution is 14.1. The van der Waals surface area contributed by atoms with Crippen LogP contribution in [-0.4, -0.2) is 9.55 Å². The predicted molar refractivity (Wildman–Crippen MR) is 93.3 cm³/mol. The molecule has 3 unspecified atom stereocenters. The van der Waals surface area contributed by atoms with Crippen molar-refractivity contribution in [3.8, 4) is 0 Å². The summed E-state index contributed by atoms with van der Waals surface area (Å²) in [6, 6.07) is 3.81. The maximum atomic E-state index is 14.0. The molecule has 0 saturated heterocycles. The van der Waals surface area contributed by atoms with E-state index in [1.807, 2.05) is 35.6 Å². The molecule has 1 aromatic carbocycles. The van der Waals surface area contributed by atoms with Crippen molar-refractivity contribution < 1.29 is 4.39 Å². The lowest BCUT2D eigenvalue weighted by atomic mass is 9.85. The fraction of sp³-hybridized carbons (Fsp3) is 0.562. The first-order valence-corrected chi connectivity index (χ1v) is 9.01. The minimum atomic E-state index is -0.179. The third-order valence-electron chi connectivity index (χ3n) is 4.51. The largest absolute Gasteiger partial charge is 0.323 e. The summed E-state index contributed by atoms with van der Waals surface area (Å²) in [5.74, 6) is 1.26. The molecule has 5 heteroatoms. The molecule has 0 N–H and O–H groups in total. The lowest BCUT2D eigenvalue weighted by Gasteiger charge is -2.32. The highest BCUT2D eigenvalue weighted by Crippen LogP contribution is 2.39. The number of hydrogen-bond acceptors (Lipinski definition) is 1. The van der Waals surface area contributed by atoms with Crippen molar-refractivity contribution in [2.45, 2.75) is 50.9 Å². The second kappa shape index (κ2) is 6.03. The Morgan fingerprint density at radius 1 is 1.38 bits per heavy atom. The van der Waals surface area contributed by atoms with Gasteiger partial charge in [0.2, 0.25) is 0 Å². The zero-order chi connectivity index (χ0) is 15.1. The van der Waals surface area contributed by atoms with Gasteiger partial charge in [-0.05, 0) is 54.3 Å². The lowest BCUT2D eigenvalue weighted by Crippen LogP contribution is -2.23. The van der Waals surface area contributed by atoms with Crippen molar-refractivity contribution in [2.75, 3.05) is 0 Å². The van der Waals surface area contributed by atoms with Gasteiger partial charge >= 0.3 is 0 Å². The smallest absolute Gasteiger partial charge is 0.138 e. The van der Waals surface area contributed by atoms with Gasteiger partial charge in [-0.3, -0.25) is 0 Å². The molecule has 0 radical (unpaired) electrons. The van der Waals surface area contributed by atoms with E-state index in [2.05, 4.69) is 16.5 Å². The monoisotopic (exact) mass is 420 g/mol. The number of halogens is 3. The first kappa shape index (κ1) is 15.5. The summed E-state index contributed by atoms with van der Waals surface area (Å²) >= 11 is 8.36. The number of alkyl halides is 1. The summed E-state index contributed by atoms with van der Waals surface area (Å²) in [6.45, 7) is 4.22. The van der Waals surface area contributed by atoms with Crippen LogP contribution in [0.2, 0.25) is 0 Å². The van der Waals surface area contributed by atoms with Crippen LogP contribution >= 0.6 is 34.2 Å². The number of nitrogens with zero attached hydrogens (tertiary/aromatic N) is 2. The van der Waals surface area contributed by atoms with Gasteiger partial charge < -0.3 is 4.57 Å². The number of rotatable bonds is 2. The summed E-state index contributed by atoms with van der Waals surface area (Å²) in [7, 11) is 0. The molecule has 1 aliphatic carbocycles. The molecule has 1 saturated carbocycles. The Bertz CT molecular complexity index is 668. The van der Waals surface area contributed by atoms with Crippen LogP contribution in [0, 0.1) is 15.3 Å². The van der Waals surface area contributed by atoms with Crippen LogP contribution < -0.4 is 0 Å². The Kier molecular flexibility index (Phi) is 4.46. The molecule has 1 aliphatic rings. The van der Waals surface area contributed by atoms with Crippen LogP contribution in [-0.2, 0) is 0 Å². The Labute approximate surface area is 143 Å². The van der Waals surface area contributed by atoms with E-state index in [1.165, 1.54) is 19.3 Å². The quantitative estimate of drug-likeness (QED) is 0.441. The SMILES string of the molecule is CC(Cl)c1nc2cc(I)c(F)cc2n1C1CCCCC1C. The summed E-state index contributed by atoms with van der Waals surface area (Å²) in [5.41, 5.74) is 1.73. The molecule has 0 bridgehead atoms. The highest BCUT2D eigenvalue weighted by atomic mass is 127. The molecule has 2 nitrogen and oxygen atoms in total. The minimum absolute atomic E-state index is 0.174. The lowest BCUT2D eigenvalue weighted by molar-refractivity contribution is 0.257. The highest BCUT2D eigenvalue weighted by Gasteiger charge is 2.28. The Morgan fingerprint density at radius 2 is 2.10 bits per heavy atom. The second-order valence-electron chi connectivity index (χ2n) is 6.04. The van der Waals surface area contributed by atoms with Gasteiger partial charge in [0.25, 0.3) is 0 Å². The van der Waals surface area contributed by atoms with Gasteiger partial charge in [0, 0.05) is 12.1 Å². The summed E-state index contributed by atoms with van der Waals surface area (Å²) in [5, 5.41) is -0.174. The molecule has 0 spiro atoms. The van der Waals surface area contributed by atoms with E-state index in [0.29, 0.717) is 15.5 Å². The van der Waals surface area contributed by atoms with Crippen LogP contribution in [0.5, 0.6) is 0 Å². The first-order chi connectivity index (χ1) is 9.99. The van der Waals surface area contributed by atoms with Crippen LogP contribution in [0.3, 0.4) is 0 Å². The number of benzene rings is 1. The molecule has 2 aromatic rings. The number of hydrogen-bond donors (Lipinski definition) is 0. The van der Waals surface area contributed by atoms with Crippen molar-refractivity contribution in [1.29, 1.82) is 0 Å². The van der Waals surface area contributed by atoms with Gasteiger partial charge in [-0.2, -0.15) is 0 Å². The minimum Gasteiger partial charge on any atom is -0.323 e. The Hall–Kier alpha value is -0.360. The zero-order valence-electron chi connectivity index (χ0n) is 12.2. The maximum Gasteiger partial charge on any atom is 0.138 e. The standard InChI is InChI=1S/C16H19ClFIN2/c1-9-5-3-4-6-14(9)21-15-7-11(18)12(19)8-13(15)20-16(21)10(2)17/h7-10,14H,3-6H2,1-2H3. The molecule has 21 heavy (non-hydrogen) atoms. The van der Waals surface area contributed by atoms with Gasteiger partial charge in [-0.25, -0.2) is 9.37 Å². The molecule has 1 aromatic heterocycles. The fourth-order valence-corrected chi connectivity index (χ4v) is 4.02. The van der Waals surface area contributed by atoms with E-state index in [9.17, 15) is 4.39 Å². The third kappa shape index (κ3) is 2.81.